The van der Waals surface area contributed by atoms with E-state index in [9.17, 15) is 31.1 Å². The second-order valence-corrected chi connectivity index (χ2v) is 3.55. The minimum atomic E-state index is -5.65. The van der Waals surface area contributed by atoms with Gasteiger partial charge >= 0.3 is 18.3 Å². The van der Waals surface area contributed by atoms with Gasteiger partial charge in [0.2, 0.25) is 0 Å². The van der Waals surface area contributed by atoms with Crippen LogP contribution in [0.15, 0.2) is 0 Å². The van der Waals surface area contributed by atoms with E-state index in [0.29, 0.717) is 0 Å². The Morgan fingerprint density at radius 2 is 1.44 bits per heavy atom. The third-order valence-electron chi connectivity index (χ3n) is 1.42. The molecule has 0 amide bonds. The molecule has 0 aliphatic heterocycles. The van der Waals surface area contributed by atoms with Crippen LogP contribution in [0.1, 0.15) is 20.3 Å². The zero-order valence-electron chi connectivity index (χ0n) is 8.45. The molecule has 0 aliphatic rings. The summed E-state index contributed by atoms with van der Waals surface area (Å²) in [5.41, 5.74) is 0. The highest BCUT2D eigenvalue weighted by Gasteiger charge is 2.59. The van der Waals surface area contributed by atoms with E-state index in [-0.39, 0.29) is 5.92 Å². The van der Waals surface area contributed by atoms with Gasteiger partial charge in [0, 0.05) is 6.42 Å². The maximum atomic E-state index is 11.9. The molecule has 0 bridgehead atoms. The van der Waals surface area contributed by atoms with Crippen molar-refractivity contribution >= 4 is 5.97 Å². The highest BCUT2D eigenvalue weighted by atomic mass is 19.4. The first-order valence-corrected chi connectivity index (χ1v) is 4.27. The fraction of sp³-hybridized carbons (Fsp3) is 0.875. The zero-order chi connectivity index (χ0) is 13.1. The van der Waals surface area contributed by atoms with E-state index in [1.165, 1.54) is 13.8 Å². The molecule has 0 unspecified atom stereocenters. The molecule has 16 heavy (non-hydrogen) atoms. The Bertz CT molecular complexity index is 228. The summed E-state index contributed by atoms with van der Waals surface area (Å²) in [6, 6.07) is 0. The minimum absolute atomic E-state index is 0.380. The van der Waals surface area contributed by atoms with E-state index < -0.39 is 30.8 Å². The van der Waals surface area contributed by atoms with Gasteiger partial charge in [-0.05, 0) is 5.92 Å². The second kappa shape index (κ2) is 4.92. The third-order valence-corrected chi connectivity index (χ3v) is 1.42. The van der Waals surface area contributed by atoms with E-state index in [1.807, 2.05) is 0 Å². The molecule has 0 saturated carbocycles. The normalized spacial score (nSPS) is 13.4. The van der Waals surface area contributed by atoms with Crippen LogP contribution in [0.25, 0.3) is 0 Å². The van der Waals surface area contributed by atoms with Crippen LogP contribution >= 0.6 is 0 Å². The molecule has 0 atom stereocenters. The van der Waals surface area contributed by atoms with E-state index >= 15 is 0 Å². The molecular formula is C8H10F6O2. The molecule has 2 nitrogen and oxygen atoms in total. The quantitative estimate of drug-likeness (QED) is 0.570. The number of ether oxygens (including phenoxy) is 1. The van der Waals surface area contributed by atoms with Crippen molar-refractivity contribution < 1.29 is 35.9 Å². The lowest BCUT2D eigenvalue weighted by Crippen LogP contribution is -2.45. The van der Waals surface area contributed by atoms with Crippen LogP contribution in [0.5, 0.6) is 0 Å². The number of rotatable bonds is 3. The Morgan fingerprint density at radius 1 is 1.06 bits per heavy atom. The van der Waals surface area contributed by atoms with Crippen LogP contribution < -0.4 is 0 Å². The number of alkyl halides is 6. The maximum Gasteiger partial charge on any atom is 0.434 e. The van der Waals surface area contributed by atoms with Crippen molar-refractivity contribution in [1.29, 1.82) is 0 Å². The van der Waals surface area contributed by atoms with Crippen LogP contribution in [0.2, 0.25) is 0 Å². The van der Waals surface area contributed by atoms with E-state index in [0.717, 1.165) is 0 Å². The number of halogens is 6. The van der Waals surface area contributed by atoms with Gasteiger partial charge in [0.25, 0.3) is 6.10 Å². The number of hydrogen-bond acceptors (Lipinski definition) is 2. The summed E-state index contributed by atoms with van der Waals surface area (Å²) in [5.74, 6) is -1.90. The summed E-state index contributed by atoms with van der Waals surface area (Å²) in [6.45, 7) is 2.94. The molecule has 0 aromatic rings. The van der Waals surface area contributed by atoms with Crippen molar-refractivity contribution in [1.82, 2.24) is 0 Å². The molecule has 0 spiro atoms. The molecule has 0 N–H and O–H groups in total. The van der Waals surface area contributed by atoms with Gasteiger partial charge in [0.15, 0.2) is 0 Å². The lowest BCUT2D eigenvalue weighted by Gasteiger charge is -2.23. The Morgan fingerprint density at radius 3 is 1.69 bits per heavy atom. The topological polar surface area (TPSA) is 26.3 Å². The van der Waals surface area contributed by atoms with Crippen molar-refractivity contribution in [3.05, 3.63) is 0 Å². The van der Waals surface area contributed by atoms with Crippen LogP contribution in [0.3, 0.4) is 0 Å². The van der Waals surface area contributed by atoms with Gasteiger partial charge in [-0.2, -0.15) is 26.3 Å². The highest BCUT2D eigenvalue weighted by Crippen LogP contribution is 2.35. The van der Waals surface area contributed by atoms with Crippen molar-refractivity contribution in [3.63, 3.8) is 0 Å². The van der Waals surface area contributed by atoms with Crippen molar-refractivity contribution in [2.45, 2.75) is 38.7 Å². The molecule has 0 aromatic carbocycles. The van der Waals surface area contributed by atoms with Gasteiger partial charge < -0.3 is 4.74 Å². The average Bonchev–Trinajstić information content (AvgIpc) is 1.94. The van der Waals surface area contributed by atoms with E-state index in [4.69, 9.17) is 0 Å². The molecule has 8 heteroatoms. The van der Waals surface area contributed by atoms with Gasteiger partial charge in [-0.3, -0.25) is 4.79 Å². The van der Waals surface area contributed by atoms with Crippen molar-refractivity contribution in [3.8, 4) is 0 Å². The smallest absolute Gasteiger partial charge is 0.434 e. The Hall–Kier alpha value is -0.950. The van der Waals surface area contributed by atoms with Crippen molar-refractivity contribution in [2.24, 2.45) is 5.92 Å². The van der Waals surface area contributed by atoms with Crippen LogP contribution in [-0.4, -0.2) is 24.4 Å². The van der Waals surface area contributed by atoms with Gasteiger partial charge in [-0.25, -0.2) is 0 Å². The molecule has 0 radical (unpaired) electrons. The molecular weight excluding hydrogens is 242 g/mol. The molecule has 96 valence electrons. The van der Waals surface area contributed by atoms with Gasteiger partial charge in [-0.1, -0.05) is 13.8 Å². The fourth-order valence-corrected chi connectivity index (χ4v) is 0.832. The number of carbonyl (C=O) groups excluding carboxylic acids is 1. The summed E-state index contributed by atoms with van der Waals surface area (Å²) >= 11 is 0. The molecule has 0 aromatic heterocycles. The number of esters is 1. The zero-order valence-corrected chi connectivity index (χ0v) is 8.45. The molecule has 0 aliphatic carbocycles. The maximum absolute atomic E-state index is 11.9. The van der Waals surface area contributed by atoms with Gasteiger partial charge in [0.1, 0.15) is 0 Å². The van der Waals surface area contributed by atoms with E-state index in [1.54, 1.807) is 0 Å². The molecule has 0 rings (SSSR count). The van der Waals surface area contributed by atoms with Gasteiger partial charge in [-0.15, -0.1) is 0 Å². The van der Waals surface area contributed by atoms with Crippen molar-refractivity contribution in [2.75, 3.05) is 0 Å². The summed E-state index contributed by atoms with van der Waals surface area (Å²) in [4.78, 5) is 10.7. The second-order valence-electron chi connectivity index (χ2n) is 3.55. The Kier molecular flexibility index (Phi) is 4.63. The third kappa shape index (κ3) is 5.22. The first kappa shape index (κ1) is 15.0. The van der Waals surface area contributed by atoms with Crippen LogP contribution in [0.4, 0.5) is 26.3 Å². The monoisotopic (exact) mass is 252 g/mol. The Labute approximate surface area is 87.6 Å². The Balaban J connectivity index is 4.65. The van der Waals surface area contributed by atoms with Crippen LogP contribution in [0, 0.1) is 5.92 Å². The average molecular weight is 252 g/mol. The molecule has 0 saturated heterocycles. The highest BCUT2D eigenvalue weighted by molar-refractivity contribution is 5.69. The number of hydrogen-bond donors (Lipinski definition) is 0. The summed E-state index contributed by atoms with van der Waals surface area (Å²) in [6.07, 6.45) is -15.8. The lowest BCUT2D eigenvalue weighted by atomic mass is 10.1. The standard InChI is InChI=1S/C8H10F6O2/c1-4(2)3-5(15)16-6(7(9,10)11)8(12,13)14/h4,6H,3H2,1-2H3. The minimum Gasteiger partial charge on any atom is -0.443 e. The summed E-state index contributed by atoms with van der Waals surface area (Å²) < 4.78 is 74.9. The first-order valence-electron chi connectivity index (χ1n) is 4.27. The molecule has 0 heterocycles. The lowest BCUT2D eigenvalue weighted by molar-refractivity contribution is -0.313. The SMILES string of the molecule is CC(C)CC(=O)OC(C(F)(F)F)C(F)(F)F. The molecule has 0 fully saturated rings. The predicted molar refractivity (Wildman–Crippen MR) is 41.4 cm³/mol. The largest absolute Gasteiger partial charge is 0.443 e. The van der Waals surface area contributed by atoms with E-state index in [2.05, 4.69) is 4.74 Å². The summed E-state index contributed by atoms with van der Waals surface area (Å²) in [5, 5.41) is 0. The predicted octanol–water partition coefficient (Wildman–Crippen LogP) is 3.07. The first-order chi connectivity index (χ1) is 6.94. The number of carbonyl (C=O) groups is 1. The summed E-state index contributed by atoms with van der Waals surface area (Å²) in [7, 11) is 0. The van der Waals surface area contributed by atoms with Gasteiger partial charge in [0.05, 0.1) is 0 Å². The van der Waals surface area contributed by atoms with Crippen LogP contribution in [-0.2, 0) is 9.53 Å². The fourth-order valence-electron chi connectivity index (χ4n) is 0.832.